The van der Waals surface area contributed by atoms with Crippen molar-refractivity contribution < 1.29 is 33.5 Å². The molecule has 0 unspecified atom stereocenters. The molecule has 2 heterocycles. The first-order chi connectivity index (χ1) is 20.5. The van der Waals surface area contributed by atoms with Crippen LogP contribution in [0.2, 0.25) is 0 Å². The molecule has 0 saturated carbocycles. The van der Waals surface area contributed by atoms with Crippen molar-refractivity contribution in [2.24, 2.45) is 5.92 Å². The van der Waals surface area contributed by atoms with Crippen LogP contribution in [0.1, 0.15) is 35.7 Å². The number of aromatic nitrogens is 1. The van der Waals surface area contributed by atoms with E-state index in [0.29, 0.717) is 28.6 Å². The molecule has 4 rings (SSSR count). The highest BCUT2D eigenvalue weighted by Gasteiger charge is 2.35. The molecule has 0 aliphatic carbocycles. The predicted octanol–water partition coefficient (Wildman–Crippen LogP) is 4.33. The highest BCUT2D eigenvalue weighted by Crippen LogP contribution is 2.35. The number of aryl methyl sites for hydroxylation is 2. The molecule has 230 valence electrons. The molecule has 0 fully saturated rings. The van der Waals surface area contributed by atoms with E-state index in [0.717, 1.165) is 0 Å². The molecule has 13 heteroatoms. The number of carbonyl (C=O) groups is 3. The summed E-state index contributed by atoms with van der Waals surface area (Å²) < 4.78 is 16.8. The van der Waals surface area contributed by atoms with Crippen LogP contribution in [0.3, 0.4) is 0 Å². The Labute approximate surface area is 250 Å². The van der Waals surface area contributed by atoms with Crippen molar-refractivity contribution in [1.29, 1.82) is 0 Å². The van der Waals surface area contributed by atoms with E-state index in [-0.39, 0.29) is 54.6 Å². The van der Waals surface area contributed by atoms with E-state index < -0.39 is 18.2 Å². The number of aliphatic hydroxyl groups is 1. The molecule has 0 radical (unpaired) electrons. The summed E-state index contributed by atoms with van der Waals surface area (Å²) in [5.41, 5.74) is 2.03. The van der Waals surface area contributed by atoms with Crippen LogP contribution in [0.5, 0.6) is 11.5 Å². The number of fused-ring (bicyclic) bond motifs is 1. The Morgan fingerprint density at radius 2 is 1.88 bits per heavy atom. The zero-order valence-corrected chi connectivity index (χ0v) is 25.1. The molecule has 1 aromatic heterocycles. The van der Waals surface area contributed by atoms with E-state index in [4.69, 9.17) is 14.0 Å². The third kappa shape index (κ3) is 7.17. The summed E-state index contributed by atoms with van der Waals surface area (Å²) in [6.07, 6.45) is -0.583. The lowest BCUT2D eigenvalue weighted by Gasteiger charge is -2.38. The number of para-hydroxylation sites is 1. The van der Waals surface area contributed by atoms with Crippen LogP contribution in [-0.4, -0.2) is 84.0 Å². The number of benzene rings is 2. The fraction of sp³-hybridized carbons (Fsp3) is 0.400. The zero-order valence-electron chi connectivity index (χ0n) is 25.1. The van der Waals surface area contributed by atoms with Gasteiger partial charge in [0.05, 0.1) is 37.6 Å². The minimum Gasteiger partial charge on any atom is -0.497 e. The first-order valence-corrected chi connectivity index (χ1v) is 13.9. The van der Waals surface area contributed by atoms with Gasteiger partial charge in [-0.1, -0.05) is 18.1 Å². The van der Waals surface area contributed by atoms with Crippen LogP contribution < -0.4 is 25.4 Å². The van der Waals surface area contributed by atoms with Crippen LogP contribution in [0.15, 0.2) is 47.0 Å². The van der Waals surface area contributed by atoms with Crippen LogP contribution in [0.4, 0.5) is 26.7 Å². The number of hydrogen-bond acceptors (Lipinski definition) is 8. The van der Waals surface area contributed by atoms with Gasteiger partial charge in [-0.3, -0.25) is 4.79 Å². The Bertz CT molecular complexity index is 1440. The zero-order chi connectivity index (χ0) is 31.3. The number of rotatable bonds is 8. The van der Waals surface area contributed by atoms with Gasteiger partial charge in [0.2, 0.25) is 0 Å². The second-order valence-electron chi connectivity index (χ2n) is 10.6. The first kappa shape index (κ1) is 31.2. The Morgan fingerprint density at radius 1 is 1.16 bits per heavy atom. The summed E-state index contributed by atoms with van der Waals surface area (Å²) in [5.74, 6) is 0.675. The molecule has 3 aromatic rings. The number of carbonyl (C=O) groups excluding carboxylic acids is 3. The van der Waals surface area contributed by atoms with Crippen LogP contribution in [0.25, 0.3) is 0 Å². The molecule has 5 amide bonds. The van der Waals surface area contributed by atoms with Crippen molar-refractivity contribution in [3.63, 3.8) is 0 Å². The molecule has 0 saturated heterocycles. The number of ether oxygens (including phenoxy) is 2. The van der Waals surface area contributed by atoms with E-state index >= 15 is 0 Å². The fourth-order valence-electron chi connectivity index (χ4n) is 4.73. The third-order valence-electron chi connectivity index (χ3n) is 7.35. The van der Waals surface area contributed by atoms with Crippen molar-refractivity contribution in [1.82, 2.24) is 15.0 Å². The van der Waals surface area contributed by atoms with Gasteiger partial charge in [0.1, 0.15) is 23.2 Å². The number of amides is 5. The van der Waals surface area contributed by atoms with Gasteiger partial charge in [0.15, 0.2) is 11.5 Å². The summed E-state index contributed by atoms with van der Waals surface area (Å²) in [6, 6.07) is 10.4. The molecule has 4 N–H and O–H groups in total. The van der Waals surface area contributed by atoms with Crippen molar-refractivity contribution in [3.8, 4) is 11.5 Å². The fourth-order valence-corrected chi connectivity index (χ4v) is 4.73. The maximum Gasteiger partial charge on any atom is 0.323 e. The van der Waals surface area contributed by atoms with Gasteiger partial charge in [-0.05, 0) is 57.2 Å². The maximum atomic E-state index is 13.7. The maximum absolute atomic E-state index is 13.7. The minimum absolute atomic E-state index is 0.164. The molecule has 2 aromatic carbocycles. The summed E-state index contributed by atoms with van der Waals surface area (Å²) in [4.78, 5) is 42.9. The summed E-state index contributed by atoms with van der Waals surface area (Å²) in [7, 11) is 3.22. The quantitative estimate of drug-likeness (QED) is 0.300. The minimum atomic E-state index is -0.583. The molecule has 43 heavy (non-hydrogen) atoms. The first-order valence-electron chi connectivity index (χ1n) is 13.9. The number of anilines is 3. The topological polar surface area (TPSA) is 158 Å². The third-order valence-corrected chi connectivity index (χ3v) is 7.35. The number of methoxy groups -OCH3 is 1. The van der Waals surface area contributed by atoms with Gasteiger partial charge < -0.3 is 44.9 Å². The van der Waals surface area contributed by atoms with Crippen LogP contribution in [0, 0.1) is 19.8 Å². The number of hydrogen-bond donors (Lipinski definition) is 4. The Hall–Kier alpha value is -4.78. The largest absolute Gasteiger partial charge is 0.497 e. The van der Waals surface area contributed by atoms with Gasteiger partial charge in [0.25, 0.3) is 5.91 Å². The molecule has 1 aliphatic heterocycles. The Morgan fingerprint density at radius 3 is 2.51 bits per heavy atom. The van der Waals surface area contributed by atoms with Gasteiger partial charge in [-0.2, -0.15) is 0 Å². The summed E-state index contributed by atoms with van der Waals surface area (Å²) >= 11 is 0. The highest BCUT2D eigenvalue weighted by molar-refractivity contribution is 6.04. The second-order valence-corrected chi connectivity index (χ2v) is 10.6. The van der Waals surface area contributed by atoms with Crippen molar-refractivity contribution in [3.05, 3.63) is 59.5 Å². The van der Waals surface area contributed by atoms with Gasteiger partial charge >= 0.3 is 12.1 Å². The molecule has 0 bridgehead atoms. The van der Waals surface area contributed by atoms with E-state index in [1.165, 1.54) is 4.90 Å². The lowest BCUT2D eigenvalue weighted by Crippen LogP contribution is -2.50. The normalized spacial score (nSPS) is 17.1. The van der Waals surface area contributed by atoms with Crippen molar-refractivity contribution >= 4 is 35.0 Å². The number of likely N-dealkylation sites (N-methyl/N-ethyl adjacent to an activating group) is 1. The second kappa shape index (κ2) is 13.5. The van der Waals surface area contributed by atoms with Crippen molar-refractivity contribution in [2.45, 2.75) is 39.8 Å². The molecular formula is C30H38N6O7. The van der Waals surface area contributed by atoms with Crippen LogP contribution >= 0.6 is 0 Å². The summed E-state index contributed by atoms with van der Waals surface area (Å²) in [6.45, 7) is 7.27. The number of aliphatic hydroxyl groups excluding tert-OH is 1. The number of urea groups is 2. The average Bonchev–Trinajstić information content (AvgIpc) is 3.31. The summed E-state index contributed by atoms with van der Waals surface area (Å²) in [5, 5.41) is 22.1. The Balaban J connectivity index is 1.61. The lowest BCUT2D eigenvalue weighted by atomic mass is 9.99. The van der Waals surface area contributed by atoms with Crippen LogP contribution in [-0.2, 0) is 0 Å². The Kier molecular flexibility index (Phi) is 9.76. The lowest BCUT2D eigenvalue weighted by molar-refractivity contribution is 0.0373. The SMILES string of the molecule is COc1ccc(NC(=O)N(C)C[C@@H]2Oc3c(NC(=O)Nc4c(C)noc4C)cccc3C(=O)N([C@H](C)CO)C[C@@H]2C)cc1. The molecule has 0 spiro atoms. The van der Waals surface area contributed by atoms with E-state index in [1.54, 1.807) is 82.3 Å². The van der Waals surface area contributed by atoms with Crippen molar-refractivity contribution in [2.75, 3.05) is 49.8 Å². The van der Waals surface area contributed by atoms with E-state index in [2.05, 4.69) is 21.1 Å². The van der Waals surface area contributed by atoms with E-state index in [1.807, 2.05) is 6.92 Å². The number of nitrogens with zero attached hydrogens (tertiary/aromatic N) is 3. The molecular weight excluding hydrogens is 556 g/mol. The monoisotopic (exact) mass is 594 g/mol. The predicted molar refractivity (Wildman–Crippen MR) is 161 cm³/mol. The average molecular weight is 595 g/mol. The van der Waals surface area contributed by atoms with Gasteiger partial charge in [-0.15, -0.1) is 0 Å². The molecule has 1 aliphatic rings. The standard InChI is InChI=1S/C30H38N6O7/c1-17-14-36(18(2)16-37)28(38)23-8-7-9-24(32-29(39)33-26-19(3)34-43-20(26)4)27(23)42-25(17)15-35(5)30(40)31-21-10-12-22(41-6)13-11-21/h7-13,17-18,25,37H,14-16H2,1-6H3,(H,31,40)(H2,32,33,39)/t17-,18+,25-/m0/s1. The number of nitrogens with one attached hydrogen (secondary N) is 3. The van der Waals surface area contributed by atoms with E-state index in [9.17, 15) is 19.5 Å². The molecule has 3 atom stereocenters. The smallest absolute Gasteiger partial charge is 0.323 e. The molecule has 13 nitrogen and oxygen atoms in total. The van der Waals surface area contributed by atoms with Gasteiger partial charge in [0, 0.05) is 25.2 Å². The highest BCUT2D eigenvalue weighted by atomic mass is 16.5. The van der Waals surface area contributed by atoms with Gasteiger partial charge in [-0.25, -0.2) is 9.59 Å².